The number of nitrogens with zero attached hydrogens (tertiary/aromatic N) is 1. The van der Waals surface area contributed by atoms with Crippen LogP contribution in [0.4, 0.5) is 13.2 Å². The highest BCUT2D eigenvalue weighted by molar-refractivity contribution is 4.87. The van der Waals surface area contributed by atoms with Gasteiger partial charge in [0.05, 0.1) is 0 Å². The Morgan fingerprint density at radius 3 is 1.87 bits per heavy atom. The fraction of sp³-hybridized carbons (Fsp3) is 0.923. The SMILES string of the molecule is CC=CN1CCC(C(OCCCCCCCCCC(CC)(CC)CC)C(F)(F)F)CC1. The van der Waals surface area contributed by atoms with Crippen LogP contribution in [-0.2, 0) is 4.74 Å². The molecule has 0 N–H and O–H groups in total. The van der Waals surface area contributed by atoms with Gasteiger partial charge in [0.2, 0.25) is 0 Å². The highest BCUT2D eigenvalue weighted by Crippen LogP contribution is 2.36. The van der Waals surface area contributed by atoms with Gasteiger partial charge < -0.3 is 9.64 Å². The van der Waals surface area contributed by atoms with Crippen molar-refractivity contribution in [2.45, 2.75) is 123 Å². The van der Waals surface area contributed by atoms with Crippen LogP contribution in [0.3, 0.4) is 0 Å². The van der Waals surface area contributed by atoms with Crippen LogP contribution in [0.25, 0.3) is 0 Å². The molecule has 0 aliphatic carbocycles. The van der Waals surface area contributed by atoms with Crippen molar-refractivity contribution < 1.29 is 17.9 Å². The number of rotatable bonds is 16. The van der Waals surface area contributed by atoms with Crippen molar-refractivity contribution in [2.75, 3.05) is 19.7 Å². The van der Waals surface area contributed by atoms with Gasteiger partial charge in [-0.2, -0.15) is 13.2 Å². The third-order valence-corrected chi connectivity index (χ3v) is 7.58. The maximum Gasteiger partial charge on any atom is 0.414 e. The molecule has 1 saturated heterocycles. The monoisotopic (exact) mass is 447 g/mol. The molecule has 1 fully saturated rings. The molecule has 0 amide bonds. The molecule has 1 aliphatic rings. The summed E-state index contributed by atoms with van der Waals surface area (Å²) in [4.78, 5) is 2.09. The number of alkyl halides is 3. The van der Waals surface area contributed by atoms with Crippen LogP contribution in [-0.4, -0.2) is 36.9 Å². The average Bonchev–Trinajstić information content (AvgIpc) is 2.75. The van der Waals surface area contributed by atoms with E-state index in [4.69, 9.17) is 4.74 Å². The van der Waals surface area contributed by atoms with E-state index in [0.29, 0.717) is 31.3 Å². The Morgan fingerprint density at radius 1 is 0.871 bits per heavy atom. The van der Waals surface area contributed by atoms with Gasteiger partial charge in [-0.25, -0.2) is 0 Å². The molecule has 0 aromatic rings. The molecule has 0 saturated carbocycles. The van der Waals surface area contributed by atoms with Gasteiger partial charge >= 0.3 is 6.18 Å². The fourth-order valence-electron chi connectivity index (χ4n) is 5.06. The molecule has 1 rings (SSSR count). The summed E-state index contributed by atoms with van der Waals surface area (Å²) in [5.74, 6) is -0.414. The zero-order chi connectivity index (χ0) is 23.2. The van der Waals surface area contributed by atoms with Gasteiger partial charge in [0, 0.05) is 19.7 Å². The summed E-state index contributed by atoms with van der Waals surface area (Å²) in [5.41, 5.74) is 0.537. The Hall–Kier alpha value is -0.710. The Bertz CT molecular complexity index is 457. The van der Waals surface area contributed by atoms with Crippen molar-refractivity contribution in [2.24, 2.45) is 11.3 Å². The highest BCUT2D eigenvalue weighted by atomic mass is 19.4. The fourth-order valence-corrected chi connectivity index (χ4v) is 5.06. The van der Waals surface area contributed by atoms with E-state index in [9.17, 15) is 13.2 Å². The molecule has 0 spiro atoms. The molecular formula is C26H48F3NO. The second kappa shape index (κ2) is 15.2. The van der Waals surface area contributed by atoms with Crippen LogP contribution in [0.2, 0.25) is 0 Å². The van der Waals surface area contributed by atoms with E-state index in [-0.39, 0.29) is 6.61 Å². The first-order valence-electron chi connectivity index (χ1n) is 12.9. The van der Waals surface area contributed by atoms with Gasteiger partial charge in [0.1, 0.15) is 0 Å². The van der Waals surface area contributed by atoms with Gasteiger partial charge in [-0.3, -0.25) is 0 Å². The van der Waals surface area contributed by atoms with E-state index >= 15 is 0 Å². The molecular weight excluding hydrogens is 399 g/mol. The summed E-state index contributed by atoms with van der Waals surface area (Å²) >= 11 is 0. The number of hydrogen-bond acceptors (Lipinski definition) is 2. The predicted octanol–water partition coefficient (Wildman–Crippen LogP) is 8.52. The van der Waals surface area contributed by atoms with Crippen molar-refractivity contribution >= 4 is 0 Å². The summed E-state index contributed by atoms with van der Waals surface area (Å²) in [6, 6.07) is 0. The lowest BCUT2D eigenvalue weighted by Crippen LogP contribution is -2.43. The minimum atomic E-state index is -4.27. The van der Waals surface area contributed by atoms with E-state index in [2.05, 4.69) is 25.7 Å². The molecule has 0 aromatic heterocycles. The summed E-state index contributed by atoms with van der Waals surface area (Å²) in [6.45, 7) is 10.5. The number of likely N-dealkylation sites (tertiary alicyclic amines) is 1. The van der Waals surface area contributed by atoms with Crippen LogP contribution in [0, 0.1) is 11.3 Å². The molecule has 184 valence electrons. The topological polar surface area (TPSA) is 12.5 Å². The van der Waals surface area contributed by atoms with Crippen molar-refractivity contribution in [3.8, 4) is 0 Å². The number of allylic oxidation sites excluding steroid dienone is 1. The minimum Gasteiger partial charge on any atom is -0.378 e. The molecule has 1 unspecified atom stereocenters. The number of hydrogen-bond donors (Lipinski definition) is 0. The Balaban J connectivity index is 2.16. The first-order chi connectivity index (χ1) is 14.8. The molecule has 0 radical (unpaired) electrons. The lowest BCUT2D eigenvalue weighted by atomic mass is 9.75. The lowest BCUT2D eigenvalue weighted by molar-refractivity contribution is -0.239. The van der Waals surface area contributed by atoms with Crippen LogP contribution in [0.15, 0.2) is 12.3 Å². The zero-order valence-corrected chi connectivity index (χ0v) is 20.6. The number of ether oxygens (including phenoxy) is 1. The summed E-state index contributed by atoms with van der Waals surface area (Å²) in [6.07, 6.45) is 12.1. The van der Waals surface area contributed by atoms with Crippen LogP contribution >= 0.6 is 0 Å². The molecule has 1 heterocycles. The van der Waals surface area contributed by atoms with Crippen LogP contribution in [0.5, 0.6) is 0 Å². The number of unbranched alkanes of at least 4 members (excludes halogenated alkanes) is 6. The number of piperidine rings is 1. The Kier molecular flexibility index (Phi) is 13.9. The molecule has 0 aromatic carbocycles. The quantitative estimate of drug-likeness (QED) is 0.220. The highest BCUT2D eigenvalue weighted by Gasteiger charge is 2.46. The van der Waals surface area contributed by atoms with Crippen molar-refractivity contribution in [3.63, 3.8) is 0 Å². The molecule has 1 aliphatic heterocycles. The van der Waals surface area contributed by atoms with Crippen molar-refractivity contribution in [1.29, 1.82) is 0 Å². The van der Waals surface area contributed by atoms with Gasteiger partial charge in [-0.15, -0.1) is 0 Å². The summed E-state index contributed by atoms with van der Waals surface area (Å²) < 4.78 is 45.9. The summed E-state index contributed by atoms with van der Waals surface area (Å²) in [5, 5.41) is 0. The van der Waals surface area contributed by atoms with Crippen LogP contribution in [0.1, 0.15) is 111 Å². The first-order valence-corrected chi connectivity index (χ1v) is 12.9. The number of halogens is 3. The third kappa shape index (κ3) is 10.6. The normalized spacial score (nSPS) is 17.6. The predicted molar refractivity (Wildman–Crippen MR) is 125 cm³/mol. The maximum absolute atomic E-state index is 13.5. The van der Waals surface area contributed by atoms with E-state index in [1.54, 1.807) is 0 Å². The zero-order valence-electron chi connectivity index (χ0n) is 20.6. The molecule has 0 bridgehead atoms. The second-order valence-corrected chi connectivity index (χ2v) is 9.47. The van der Waals surface area contributed by atoms with Crippen molar-refractivity contribution in [3.05, 3.63) is 12.3 Å². The van der Waals surface area contributed by atoms with Gasteiger partial charge in [0.15, 0.2) is 6.10 Å². The Labute approximate surface area is 190 Å². The smallest absolute Gasteiger partial charge is 0.378 e. The van der Waals surface area contributed by atoms with Gasteiger partial charge in [-0.1, -0.05) is 84.6 Å². The van der Waals surface area contributed by atoms with Crippen LogP contribution < -0.4 is 0 Å². The summed E-state index contributed by atoms with van der Waals surface area (Å²) in [7, 11) is 0. The van der Waals surface area contributed by atoms with E-state index in [1.165, 1.54) is 51.4 Å². The average molecular weight is 448 g/mol. The van der Waals surface area contributed by atoms with Gasteiger partial charge in [0.25, 0.3) is 0 Å². The van der Waals surface area contributed by atoms with E-state index < -0.39 is 18.2 Å². The largest absolute Gasteiger partial charge is 0.414 e. The van der Waals surface area contributed by atoms with Gasteiger partial charge in [-0.05, 0) is 50.1 Å². The second-order valence-electron chi connectivity index (χ2n) is 9.47. The molecule has 5 heteroatoms. The molecule has 2 nitrogen and oxygen atoms in total. The standard InChI is InChI=1S/C26H48F3NO/c1-5-19-30-20-16-23(17-21-30)24(26(27,28)29)31-22-15-13-11-9-10-12-14-18-25(6-2,7-3)8-4/h5,19,23-24H,6-18,20-22H2,1-4H3. The molecule has 1 atom stereocenters. The van der Waals surface area contributed by atoms with E-state index in [1.807, 2.05) is 19.2 Å². The molecule has 31 heavy (non-hydrogen) atoms. The lowest BCUT2D eigenvalue weighted by Gasteiger charge is -2.36. The third-order valence-electron chi connectivity index (χ3n) is 7.58. The van der Waals surface area contributed by atoms with Crippen molar-refractivity contribution in [1.82, 2.24) is 4.90 Å². The Morgan fingerprint density at radius 2 is 1.39 bits per heavy atom. The first kappa shape index (κ1) is 28.3. The maximum atomic E-state index is 13.5. The van der Waals surface area contributed by atoms with E-state index in [0.717, 1.165) is 19.3 Å². The minimum absolute atomic E-state index is 0.227.